The van der Waals surface area contributed by atoms with Crippen molar-refractivity contribution in [2.75, 3.05) is 6.61 Å². The number of unbranched alkanes of at least 4 members (excludes halogenated alkanes) is 2. The second-order valence-electron chi connectivity index (χ2n) is 6.04. The molecule has 0 N–H and O–H groups in total. The fourth-order valence-electron chi connectivity index (χ4n) is 3.66. The number of hydrogen-bond donors (Lipinski definition) is 0. The van der Waals surface area contributed by atoms with Gasteiger partial charge < -0.3 is 4.43 Å². The molecule has 1 aliphatic carbocycles. The summed E-state index contributed by atoms with van der Waals surface area (Å²) < 4.78 is 6.51. The Morgan fingerprint density at radius 1 is 0.889 bits per heavy atom. The second-order valence-corrected chi connectivity index (χ2v) is 10.3. The van der Waals surface area contributed by atoms with Crippen molar-refractivity contribution in [3.8, 4) is 0 Å². The fourth-order valence-corrected chi connectivity index (χ4v) is 9.19. The SMILES string of the molecule is CCCC[Si](CCCC)(OCC)C1CCCCC1. The van der Waals surface area contributed by atoms with Crippen LogP contribution in [-0.2, 0) is 4.43 Å². The molecule has 0 aromatic carbocycles. The summed E-state index contributed by atoms with van der Waals surface area (Å²) >= 11 is 0. The lowest BCUT2D eigenvalue weighted by molar-refractivity contribution is 0.292. The summed E-state index contributed by atoms with van der Waals surface area (Å²) in [6, 6.07) is 2.87. The van der Waals surface area contributed by atoms with Crippen molar-refractivity contribution in [3.05, 3.63) is 0 Å². The highest BCUT2D eigenvalue weighted by Crippen LogP contribution is 2.43. The van der Waals surface area contributed by atoms with Gasteiger partial charge in [-0.1, -0.05) is 71.6 Å². The van der Waals surface area contributed by atoms with E-state index in [2.05, 4.69) is 20.8 Å². The van der Waals surface area contributed by atoms with Crippen LogP contribution >= 0.6 is 0 Å². The first-order chi connectivity index (χ1) is 8.79. The molecule has 1 rings (SSSR count). The van der Waals surface area contributed by atoms with E-state index in [0.29, 0.717) is 0 Å². The Labute approximate surface area is 116 Å². The van der Waals surface area contributed by atoms with Crippen LogP contribution in [0.5, 0.6) is 0 Å². The van der Waals surface area contributed by atoms with E-state index >= 15 is 0 Å². The number of hydrogen-bond acceptors (Lipinski definition) is 1. The Morgan fingerprint density at radius 3 is 1.89 bits per heavy atom. The zero-order chi connectivity index (χ0) is 13.3. The van der Waals surface area contributed by atoms with E-state index in [0.717, 1.165) is 12.1 Å². The highest BCUT2D eigenvalue weighted by Gasteiger charge is 2.41. The minimum Gasteiger partial charge on any atom is -0.417 e. The van der Waals surface area contributed by atoms with Gasteiger partial charge in [-0.25, -0.2) is 0 Å². The summed E-state index contributed by atoms with van der Waals surface area (Å²) in [5.74, 6) is 0. The highest BCUT2D eigenvalue weighted by molar-refractivity contribution is 6.75. The third-order valence-electron chi connectivity index (χ3n) is 4.69. The van der Waals surface area contributed by atoms with Crippen molar-refractivity contribution >= 4 is 8.32 Å². The maximum atomic E-state index is 6.51. The third-order valence-corrected chi connectivity index (χ3v) is 10.0. The van der Waals surface area contributed by atoms with Gasteiger partial charge in [0.1, 0.15) is 0 Å². The minimum absolute atomic E-state index is 0.955. The van der Waals surface area contributed by atoms with Crippen LogP contribution in [0, 0.1) is 0 Å². The van der Waals surface area contributed by atoms with Crippen molar-refractivity contribution in [2.24, 2.45) is 0 Å². The zero-order valence-corrected chi connectivity index (χ0v) is 14.0. The molecule has 0 heterocycles. The van der Waals surface area contributed by atoms with Gasteiger partial charge >= 0.3 is 0 Å². The first kappa shape index (κ1) is 16.2. The van der Waals surface area contributed by atoms with Gasteiger partial charge in [-0.2, -0.15) is 0 Å². The predicted molar refractivity (Wildman–Crippen MR) is 83.6 cm³/mol. The van der Waals surface area contributed by atoms with Crippen molar-refractivity contribution in [3.63, 3.8) is 0 Å². The molecule has 1 aliphatic rings. The fraction of sp³-hybridized carbons (Fsp3) is 1.00. The van der Waals surface area contributed by atoms with Crippen molar-refractivity contribution < 1.29 is 4.43 Å². The Morgan fingerprint density at radius 2 is 1.44 bits per heavy atom. The lowest BCUT2D eigenvalue weighted by Crippen LogP contribution is -2.44. The summed E-state index contributed by atoms with van der Waals surface area (Å²) in [7, 11) is -1.44. The molecule has 2 heteroatoms. The van der Waals surface area contributed by atoms with E-state index in [9.17, 15) is 0 Å². The van der Waals surface area contributed by atoms with E-state index in [4.69, 9.17) is 4.43 Å². The Bertz CT molecular complexity index is 191. The Kier molecular flexibility index (Phi) is 8.24. The molecule has 0 unspecified atom stereocenters. The molecule has 0 aromatic heterocycles. The largest absolute Gasteiger partial charge is 0.417 e. The van der Waals surface area contributed by atoms with Gasteiger partial charge in [-0.05, 0) is 24.6 Å². The van der Waals surface area contributed by atoms with E-state index in [-0.39, 0.29) is 0 Å². The zero-order valence-electron chi connectivity index (χ0n) is 13.0. The topological polar surface area (TPSA) is 9.23 Å². The molecular formula is C16H34OSi. The van der Waals surface area contributed by atoms with Crippen LogP contribution in [0.2, 0.25) is 17.6 Å². The van der Waals surface area contributed by atoms with Gasteiger partial charge in [0.05, 0.1) is 0 Å². The summed E-state index contributed by atoms with van der Waals surface area (Å²) in [6.45, 7) is 7.82. The monoisotopic (exact) mass is 270 g/mol. The van der Waals surface area contributed by atoms with Crippen LogP contribution < -0.4 is 0 Å². The quantitative estimate of drug-likeness (QED) is 0.474. The van der Waals surface area contributed by atoms with E-state index in [1.165, 1.54) is 69.9 Å². The van der Waals surface area contributed by atoms with Gasteiger partial charge in [-0.3, -0.25) is 0 Å². The third kappa shape index (κ3) is 4.69. The van der Waals surface area contributed by atoms with Crippen molar-refractivity contribution in [2.45, 2.75) is 96.2 Å². The van der Waals surface area contributed by atoms with Crippen molar-refractivity contribution in [1.82, 2.24) is 0 Å². The summed E-state index contributed by atoms with van der Waals surface area (Å²) in [5.41, 5.74) is 0.976. The molecule has 0 amide bonds. The van der Waals surface area contributed by atoms with Crippen molar-refractivity contribution in [1.29, 1.82) is 0 Å². The Balaban J connectivity index is 2.71. The molecule has 1 fully saturated rings. The first-order valence-corrected chi connectivity index (χ1v) is 10.8. The molecule has 0 radical (unpaired) electrons. The highest BCUT2D eigenvalue weighted by atomic mass is 28.4. The van der Waals surface area contributed by atoms with Crippen LogP contribution in [0.1, 0.15) is 78.6 Å². The maximum Gasteiger partial charge on any atom is 0.195 e. The van der Waals surface area contributed by atoms with Crippen LogP contribution in [0.4, 0.5) is 0 Å². The molecule has 108 valence electrons. The predicted octanol–water partition coefficient (Wildman–Crippen LogP) is 5.90. The van der Waals surface area contributed by atoms with Gasteiger partial charge in [0, 0.05) is 6.61 Å². The summed E-state index contributed by atoms with van der Waals surface area (Å²) in [5, 5.41) is 0. The van der Waals surface area contributed by atoms with Crippen LogP contribution in [0.25, 0.3) is 0 Å². The molecule has 1 saturated carbocycles. The molecule has 0 aliphatic heterocycles. The standard InChI is InChI=1S/C16H34OSi/c1-4-7-14-18(17-6-3,15-8-5-2)16-12-10-9-11-13-16/h16H,4-15H2,1-3H3. The average molecular weight is 271 g/mol. The summed E-state index contributed by atoms with van der Waals surface area (Å²) in [6.07, 6.45) is 12.8. The average Bonchev–Trinajstić information content (AvgIpc) is 2.43. The smallest absolute Gasteiger partial charge is 0.195 e. The van der Waals surface area contributed by atoms with Crippen LogP contribution in [-0.4, -0.2) is 14.9 Å². The van der Waals surface area contributed by atoms with E-state index in [1.807, 2.05) is 0 Å². The lowest BCUT2D eigenvalue weighted by atomic mass is 10.0. The molecular weight excluding hydrogens is 236 g/mol. The first-order valence-electron chi connectivity index (χ1n) is 8.43. The minimum atomic E-state index is -1.44. The molecule has 0 spiro atoms. The van der Waals surface area contributed by atoms with Gasteiger partial charge in [0.25, 0.3) is 0 Å². The van der Waals surface area contributed by atoms with Crippen LogP contribution in [0.3, 0.4) is 0 Å². The van der Waals surface area contributed by atoms with E-state index < -0.39 is 8.32 Å². The second kappa shape index (κ2) is 9.14. The lowest BCUT2D eigenvalue weighted by Gasteiger charge is -2.40. The molecule has 0 atom stereocenters. The summed E-state index contributed by atoms with van der Waals surface area (Å²) in [4.78, 5) is 0. The molecule has 1 nitrogen and oxygen atoms in total. The van der Waals surface area contributed by atoms with E-state index in [1.54, 1.807) is 0 Å². The van der Waals surface area contributed by atoms with Gasteiger partial charge in [0.2, 0.25) is 0 Å². The molecule has 18 heavy (non-hydrogen) atoms. The normalized spacial score (nSPS) is 18.2. The van der Waals surface area contributed by atoms with Gasteiger partial charge in [-0.15, -0.1) is 0 Å². The maximum absolute atomic E-state index is 6.51. The van der Waals surface area contributed by atoms with Crippen LogP contribution in [0.15, 0.2) is 0 Å². The number of rotatable bonds is 9. The molecule has 0 saturated heterocycles. The molecule has 0 aromatic rings. The Hall–Kier alpha value is 0.177. The molecule has 0 bridgehead atoms. The van der Waals surface area contributed by atoms with Gasteiger partial charge in [0.15, 0.2) is 8.32 Å².